The molecule has 2 aromatic rings. The second-order valence-electron chi connectivity index (χ2n) is 5.87. The van der Waals surface area contributed by atoms with Gasteiger partial charge in [0.25, 0.3) is 0 Å². The summed E-state index contributed by atoms with van der Waals surface area (Å²) in [5.74, 6) is 0. The fraction of sp³-hybridized carbons (Fsp3) is 0.526. The highest BCUT2D eigenvalue weighted by Gasteiger charge is 2.11. The fourth-order valence-corrected chi connectivity index (χ4v) is 2.88. The molecule has 1 aromatic carbocycles. The first-order valence-corrected chi connectivity index (χ1v) is 8.41. The molecule has 2 rings (SSSR count). The number of benzene rings is 1. The van der Waals surface area contributed by atoms with Crippen molar-refractivity contribution in [3.8, 4) is 0 Å². The van der Waals surface area contributed by atoms with E-state index >= 15 is 0 Å². The van der Waals surface area contributed by atoms with Crippen molar-refractivity contribution in [3.63, 3.8) is 0 Å². The van der Waals surface area contributed by atoms with Crippen molar-refractivity contribution in [2.24, 2.45) is 0 Å². The van der Waals surface area contributed by atoms with E-state index < -0.39 is 0 Å². The monoisotopic (exact) mass is 284 g/mol. The minimum atomic E-state index is 0.423. The summed E-state index contributed by atoms with van der Waals surface area (Å²) >= 11 is 0. The van der Waals surface area contributed by atoms with Gasteiger partial charge >= 0.3 is 0 Å². The molecule has 21 heavy (non-hydrogen) atoms. The molecule has 0 amide bonds. The molecule has 2 heteroatoms. The topological polar surface area (TPSA) is 17.8 Å². The number of imidazole rings is 1. The maximum atomic E-state index is 4.19. The highest BCUT2D eigenvalue weighted by Crippen LogP contribution is 2.24. The van der Waals surface area contributed by atoms with Crippen molar-refractivity contribution in [2.75, 3.05) is 0 Å². The van der Waals surface area contributed by atoms with Crippen LogP contribution in [0.3, 0.4) is 0 Å². The Hall–Kier alpha value is -1.57. The van der Waals surface area contributed by atoms with Crippen LogP contribution in [0.4, 0.5) is 0 Å². The molecule has 2 nitrogen and oxygen atoms in total. The van der Waals surface area contributed by atoms with Crippen LogP contribution in [0.15, 0.2) is 43.0 Å². The maximum Gasteiger partial charge on any atom is 0.0951 e. The Labute approximate surface area is 129 Å². The Morgan fingerprint density at radius 1 is 1.00 bits per heavy atom. The van der Waals surface area contributed by atoms with Crippen molar-refractivity contribution in [3.05, 3.63) is 54.1 Å². The molecule has 0 aliphatic rings. The number of hydrogen-bond donors (Lipinski definition) is 0. The SMILES string of the molecule is CCCCCCc1ccc(C(CCC)n2ccnc2)cc1. The Kier molecular flexibility index (Phi) is 6.52. The molecular weight excluding hydrogens is 256 g/mol. The Balaban J connectivity index is 1.99. The zero-order chi connectivity index (χ0) is 14.9. The van der Waals surface area contributed by atoms with Crippen LogP contribution in [-0.2, 0) is 6.42 Å². The van der Waals surface area contributed by atoms with Crippen molar-refractivity contribution in [2.45, 2.75) is 64.8 Å². The predicted octanol–water partition coefficient (Wildman–Crippen LogP) is 5.40. The van der Waals surface area contributed by atoms with Crippen molar-refractivity contribution < 1.29 is 0 Å². The van der Waals surface area contributed by atoms with E-state index in [9.17, 15) is 0 Å². The van der Waals surface area contributed by atoms with E-state index in [2.05, 4.69) is 53.9 Å². The van der Waals surface area contributed by atoms with Crippen LogP contribution in [0.2, 0.25) is 0 Å². The summed E-state index contributed by atoms with van der Waals surface area (Å²) in [4.78, 5) is 4.19. The molecule has 1 unspecified atom stereocenters. The van der Waals surface area contributed by atoms with Gasteiger partial charge in [-0.25, -0.2) is 4.98 Å². The molecule has 1 atom stereocenters. The fourth-order valence-electron chi connectivity index (χ4n) is 2.88. The third-order valence-corrected chi connectivity index (χ3v) is 4.13. The van der Waals surface area contributed by atoms with Gasteiger partial charge in [-0.2, -0.15) is 0 Å². The van der Waals surface area contributed by atoms with Crippen LogP contribution < -0.4 is 0 Å². The third kappa shape index (κ3) is 4.73. The minimum absolute atomic E-state index is 0.423. The van der Waals surface area contributed by atoms with E-state index in [0.29, 0.717) is 6.04 Å². The van der Waals surface area contributed by atoms with E-state index in [-0.39, 0.29) is 0 Å². The molecule has 0 aliphatic carbocycles. The lowest BCUT2D eigenvalue weighted by Crippen LogP contribution is -2.08. The number of hydrogen-bond acceptors (Lipinski definition) is 1. The van der Waals surface area contributed by atoms with E-state index in [4.69, 9.17) is 0 Å². The Morgan fingerprint density at radius 3 is 2.43 bits per heavy atom. The van der Waals surface area contributed by atoms with Gasteiger partial charge in [-0.1, -0.05) is 63.8 Å². The minimum Gasteiger partial charge on any atom is -0.330 e. The molecule has 0 saturated heterocycles. The van der Waals surface area contributed by atoms with Gasteiger partial charge in [0, 0.05) is 12.4 Å². The number of rotatable bonds is 9. The highest BCUT2D eigenvalue weighted by atomic mass is 15.0. The quantitative estimate of drug-likeness (QED) is 0.564. The van der Waals surface area contributed by atoms with E-state index in [1.54, 1.807) is 0 Å². The Morgan fingerprint density at radius 2 is 1.81 bits per heavy atom. The molecule has 0 bridgehead atoms. The average Bonchev–Trinajstić information content (AvgIpc) is 3.04. The van der Waals surface area contributed by atoms with Crippen LogP contribution in [0.1, 0.15) is 69.5 Å². The number of aryl methyl sites for hydroxylation is 1. The van der Waals surface area contributed by atoms with Crippen molar-refractivity contribution in [1.29, 1.82) is 0 Å². The smallest absolute Gasteiger partial charge is 0.0951 e. The first-order valence-electron chi connectivity index (χ1n) is 8.41. The van der Waals surface area contributed by atoms with E-state index in [1.165, 1.54) is 49.7 Å². The van der Waals surface area contributed by atoms with Gasteiger partial charge < -0.3 is 4.57 Å². The average molecular weight is 284 g/mol. The van der Waals surface area contributed by atoms with Gasteiger partial charge in [-0.15, -0.1) is 0 Å². The molecule has 0 saturated carbocycles. The van der Waals surface area contributed by atoms with E-state index in [1.807, 2.05) is 12.5 Å². The number of unbranched alkanes of at least 4 members (excludes halogenated alkanes) is 3. The standard InChI is InChI=1S/C19H28N2/c1-3-5-6-7-9-17-10-12-18(13-11-17)19(8-4-2)21-15-14-20-16-21/h10-16,19H,3-9H2,1-2H3. The summed E-state index contributed by atoms with van der Waals surface area (Å²) in [5.41, 5.74) is 2.86. The maximum absolute atomic E-state index is 4.19. The number of aromatic nitrogens is 2. The van der Waals surface area contributed by atoms with Gasteiger partial charge in [0.05, 0.1) is 12.4 Å². The van der Waals surface area contributed by atoms with Crippen molar-refractivity contribution in [1.82, 2.24) is 9.55 Å². The second-order valence-corrected chi connectivity index (χ2v) is 5.87. The van der Waals surface area contributed by atoms with Gasteiger partial charge in [-0.05, 0) is 30.4 Å². The lowest BCUT2D eigenvalue weighted by molar-refractivity contribution is 0.532. The largest absolute Gasteiger partial charge is 0.330 e. The number of nitrogens with zero attached hydrogens (tertiary/aromatic N) is 2. The third-order valence-electron chi connectivity index (χ3n) is 4.13. The summed E-state index contributed by atoms with van der Waals surface area (Å²) in [6, 6.07) is 9.64. The predicted molar refractivity (Wildman–Crippen MR) is 89.6 cm³/mol. The van der Waals surface area contributed by atoms with Gasteiger partial charge in [-0.3, -0.25) is 0 Å². The van der Waals surface area contributed by atoms with Gasteiger partial charge in [0.2, 0.25) is 0 Å². The first kappa shape index (κ1) is 15.8. The molecule has 0 aliphatic heterocycles. The van der Waals surface area contributed by atoms with Gasteiger partial charge in [0.15, 0.2) is 0 Å². The van der Waals surface area contributed by atoms with E-state index in [0.717, 1.165) is 6.42 Å². The van der Waals surface area contributed by atoms with Gasteiger partial charge in [0.1, 0.15) is 0 Å². The summed E-state index contributed by atoms with van der Waals surface area (Å²) in [5, 5.41) is 0. The van der Waals surface area contributed by atoms with Crippen LogP contribution >= 0.6 is 0 Å². The van der Waals surface area contributed by atoms with Crippen LogP contribution in [0.5, 0.6) is 0 Å². The molecule has 1 heterocycles. The summed E-state index contributed by atoms with van der Waals surface area (Å²) < 4.78 is 2.22. The van der Waals surface area contributed by atoms with Crippen molar-refractivity contribution >= 4 is 0 Å². The highest BCUT2D eigenvalue weighted by molar-refractivity contribution is 5.26. The van der Waals surface area contributed by atoms with Crippen LogP contribution in [0.25, 0.3) is 0 Å². The normalized spacial score (nSPS) is 12.5. The summed E-state index contributed by atoms with van der Waals surface area (Å²) in [7, 11) is 0. The Bertz CT molecular complexity index is 485. The first-order chi connectivity index (χ1) is 10.3. The lowest BCUT2D eigenvalue weighted by atomic mass is 9.99. The zero-order valence-corrected chi connectivity index (χ0v) is 13.5. The lowest BCUT2D eigenvalue weighted by Gasteiger charge is -2.18. The second kappa shape index (κ2) is 8.66. The van der Waals surface area contributed by atoms with Crippen LogP contribution in [0, 0.1) is 0 Å². The molecular formula is C19H28N2. The van der Waals surface area contributed by atoms with Crippen LogP contribution in [-0.4, -0.2) is 9.55 Å². The molecule has 0 spiro atoms. The molecule has 0 fully saturated rings. The zero-order valence-electron chi connectivity index (χ0n) is 13.5. The molecule has 0 N–H and O–H groups in total. The summed E-state index contributed by atoms with van der Waals surface area (Å²) in [6.07, 6.45) is 14.7. The molecule has 0 radical (unpaired) electrons. The summed E-state index contributed by atoms with van der Waals surface area (Å²) in [6.45, 7) is 4.50. The molecule has 1 aromatic heterocycles. The molecule has 114 valence electrons.